The molecule has 0 radical (unpaired) electrons. The van der Waals surface area contributed by atoms with E-state index in [0.717, 1.165) is 12.1 Å². The number of nitrogens with zero attached hydrogens (tertiary/aromatic N) is 4. The van der Waals surface area contributed by atoms with Gasteiger partial charge in [0.05, 0.1) is 6.54 Å². The van der Waals surface area contributed by atoms with Gasteiger partial charge in [-0.25, -0.2) is 23.2 Å². The minimum Gasteiger partial charge on any atom is -0.459 e. The number of esters is 1. The van der Waals surface area contributed by atoms with Crippen LogP contribution in [0.3, 0.4) is 0 Å². The van der Waals surface area contributed by atoms with Crippen molar-refractivity contribution in [2.75, 3.05) is 19.6 Å². The maximum absolute atomic E-state index is 14.6. The van der Waals surface area contributed by atoms with E-state index in [-0.39, 0.29) is 24.8 Å². The molecule has 0 amide bonds. The molecule has 0 bridgehead atoms. The summed E-state index contributed by atoms with van der Waals surface area (Å²) in [5.74, 6) is -2.06. The molecule has 1 atom stereocenters. The first-order chi connectivity index (χ1) is 17.2. The van der Waals surface area contributed by atoms with Gasteiger partial charge in [-0.05, 0) is 42.7 Å². The molecule has 1 aromatic heterocycles. The molecule has 1 aliphatic rings. The molecular weight excluding hydrogens is 513 g/mol. The zero-order valence-electron chi connectivity index (χ0n) is 19.2. The fourth-order valence-electron chi connectivity index (χ4n) is 4.22. The summed E-state index contributed by atoms with van der Waals surface area (Å²) in [5.41, 5.74) is -1.07. The molecule has 0 aliphatic carbocycles. The number of carbonyl (C=O) groups excluding carboxylic acids is 1. The van der Waals surface area contributed by atoms with Crippen molar-refractivity contribution in [3.8, 4) is 0 Å². The highest BCUT2D eigenvalue weighted by Crippen LogP contribution is 2.29. The number of hydrogen-bond donors (Lipinski definition) is 1. The van der Waals surface area contributed by atoms with E-state index in [0.29, 0.717) is 41.5 Å². The Bertz CT molecular complexity index is 1230. The fraction of sp³-hybridized carbons (Fsp3) is 0.320. The van der Waals surface area contributed by atoms with Gasteiger partial charge in [-0.2, -0.15) is 5.10 Å². The summed E-state index contributed by atoms with van der Waals surface area (Å²) in [4.78, 5) is 18.1. The number of benzene rings is 2. The monoisotopic (exact) mass is 536 g/mol. The van der Waals surface area contributed by atoms with Crippen molar-refractivity contribution in [2.45, 2.75) is 31.1 Å². The Labute approximate surface area is 216 Å². The van der Waals surface area contributed by atoms with Crippen molar-refractivity contribution < 1.29 is 23.4 Å². The average Bonchev–Trinajstić information content (AvgIpc) is 3.32. The van der Waals surface area contributed by atoms with E-state index in [1.807, 2.05) is 4.90 Å². The molecule has 11 heteroatoms. The minimum atomic E-state index is -1.68. The largest absolute Gasteiger partial charge is 0.459 e. The number of aliphatic hydroxyl groups is 1. The second kappa shape index (κ2) is 11.5. The topological polar surface area (TPSA) is 80.5 Å². The zero-order valence-corrected chi connectivity index (χ0v) is 20.7. The van der Waals surface area contributed by atoms with Gasteiger partial charge < -0.3 is 9.84 Å². The van der Waals surface area contributed by atoms with Gasteiger partial charge in [-0.15, -0.1) is 0 Å². The molecule has 3 aromatic rings. The number of aromatic nitrogens is 3. The van der Waals surface area contributed by atoms with E-state index in [1.165, 1.54) is 29.5 Å². The molecule has 1 fully saturated rings. The Morgan fingerprint density at radius 1 is 1.17 bits per heavy atom. The molecule has 1 saturated heterocycles. The number of halogens is 4. The van der Waals surface area contributed by atoms with Crippen LogP contribution in [0.4, 0.5) is 8.78 Å². The summed E-state index contributed by atoms with van der Waals surface area (Å²) in [6.45, 7) is 1.02. The van der Waals surface area contributed by atoms with Gasteiger partial charge in [-0.1, -0.05) is 35.3 Å². The Morgan fingerprint density at radius 2 is 1.94 bits per heavy atom. The van der Waals surface area contributed by atoms with E-state index in [9.17, 15) is 18.7 Å². The minimum absolute atomic E-state index is 0.0288. The smallest absolute Gasteiger partial charge is 0.331 e. The summed E-state index contributed by atoms with van der Waals surface area (Å²) < 4.78 is 35.1. The molecule has 7 nitrogen and oxygen atoms in total. The number of rotatable bonds is 8. The van der Waals surface area contributed by atoms with Crippen molar-refractivity contribution in [1.82, 2.24) is 19.7 Å². The highest BCUT2D eigenvalue weighted by molar-refractivity contribution is 6.35. The van der Waals surface area contributed by atoms with Gasteiger partial charge in [-0.3, -0.25) is 4.90 Å². The molecule has 1 unspecified atom stereocenters. The van der Waals surface area contributed by atoms with Crippen LogP contribution in [0.1, 0.15) is 24.0 Å². The van der Waals surface area contributed by atoms with Gasteiger partial charge in [0, 0.05) is 47.4 Å². The number of carbonyl (C=O) groups is 1. The standard InChI is InChI=1S/C25H24Cl2F2N4O3/c26-18-3-1-17(22(27)11-18)2-6-24(34)36-20-7-9-32(10-8-20)13-25(35,14-33-16-30-15-31-33)21-5-4-19(28)12-23(21)29/h1-6,11-12,15-16,20,35H,7-10,13-14H2/b6-2+. The van der Waals surface area contributed by atoms with Crippen LogP contribution in [-0.2, 0) is 21.7 Å². The molecule has 0 spiro atoms. The van der Waals surface area contributed by atoms with E-state index in [2.05, 4.69) is 10.1 Å². The highest BCUT2D eigenvalue weighted by Gasteiger charge is 2.37. The van der Waals surface area contributed by atoms with Crippen LogP contribution in [-0.4, -0.2) is 56.5 Å². The second-order valence-corrected chi connectivity index (χ2v) is 9.50. The molecule has 0 saturated carbocycles. The Morgan fingerprint density at radius 3 is 2.61 bits per heavy atom. The number of ether oxygens (including phenoxy) is 1. The lowest BCUT2D eigenvalue weighted by molar-refractivity contribution is -0.145. The summed E-state index contributed by atoms with van der Waals surface area (Å²) in [6.07, 6.45) is 6.39. The average molecular weight is 537 g/mol. The number of piperidine rings is 1. The first-order valence-corrected chi connectivity index (χ1v) is 12.0. The lowest BCUT2D eigenvalue weighted by Gasteiger charge is -2.38. The van der Waals surface area contributed by atoms with Crippen molar-refractivity contribution in [3.05, 3.63) is 87.9 Å². The summed E-state index contributed by atoms with van der Waals surface area (Å²) in [7, 11) is 0. The van der Waals surface area contributed by atoms with Crippen LogP contribution >= 0.6 is 23.2 Å². The van der Waals surface area contributed by atoms with Crippen LogP contribution < -0.4 is 0 Å². The third-order valence-corrected chi connectivity index (χ3v) is 6.55. The first-order valence-electron chi connectivity index (χ1n) is 11.3. The lowest BCUT2D eigenvalue weighted by Crippen LogP contribution is -2.48. The highest BCUT2D eigenvalue weighted by atomic mass is 35.5. The normalized spacial score (nSPS) is 16.8. The zero-order chi connectivity index (χ0) is 25.7. The van der Waals surface area contributed by atoms with E-state index in [4.69, 9.17) is 27.9 Å². The first kappa shape index (κ1) is 26.2. The van der Waals surface area contributed by atoms with Gasteiger partial charge in [0.15, 0.2) is 0 Å². The molecule has 1 N–H and O–H groups in total. The Hall–Kier alpha value is -2.85. The number of β-amino-alcohol motifs (C(OH)–C–C–N with tert-alkyl or cyclic N) is 1. The van der Waals surface area contributed by atoms with E-state index >= 15 is 0 Å². The lowest BCUT2D eigenvalue weighted by atomic mass is 9.91. The van der Waals surface area contributed by atoms with Gasteiger partial charge >= 0.3 is 5.97 Å². The SMILES string of the molecule is O=C(/C=C/c1ccc(Cl)cc1Cl)OC1CCN(CC(O)(Cn2cncn2)c2ccc(F)cc2F)CC1. The summed E-state index contributed by atoms with van der Waals surface area (Å²) in [6, 6.07) is 8.08. The molecule has 2 heterocycles. The Balaban J connectivity index is 1.36. The van der Waals surface area contributed by atoms with Crippen molar-refractivity contribution in [1.29, 1.82) is 0 Å². The quantitative estimate of drug-likeness (QED) is 0.338. The van der Waals surface area contributed by atoms with E-state index < -0.39 is 23.2 Å². The third kappa shape index (κ3) is 6.67. The molecular formula is C25H24Cl2F2N4O3. The van der Waals surface area contributed by atoms with Crippen LogP contribution in [0.5, 0.6) is 0 Å². The van der Waals surface area contributed by atoms with Crippen LogP contribution in [0.25, 0.3) is 6.08 Å². The van der Waals surface area contributed by atoms with Crippen LogP contribution in [0.15, 0.2) is 55.1 Å². The number of likely N-dealkylation sites (tertiary alicyclic amines) is 1. The Kier molecular flexibility index (Phi) is 8.35. The van der Waals surface area contributed by atoms with Crippen molar-refractivity contribution >= 4 is 35.2 Å². The molecule has 1 aliphatic heterocycles. The molecule has 36 heavy (non-hydrogen) atoms. The number of hydrogen-bond acceptors (Lipinski definition) is 6. The predicted octanol–water partition coefficient (Wildman–Crippen LogP) is 4.47. The van der Waals surface area contributed by atoms with Crippen LogP contribution in [0.2, 0.25) is 10.0 Å². The second-order valence-electron chi connectivity index (χ2n) is 8.66. The van der Waals surface area contributed by atoms with Gasteiger partial charge in [0.25, 0.3) is 0 Å². The van der Waals surface area contributed by atoms with Gasteiger partial charge in [0.2, 0.25) is 0 Å². The molecule has 4 rings (SSSR count). The summed E-state index contributed by atoms with van der Waals surface area (Å²) in [5, 5.41) is 16.4. The van der Waals surface area contributed by atoms with Crippen molar-refractivity contribution in [2.24, 2.45) is 0 Å². The maximum Gasteiger partial charge on any atom is 0.331 e. The fourth-order valence-corrected chi connectivity index (χ4v) is 4.69. The molecule has 190 valence electrons. The van der Waals surface area contributed by atoms with Gasteiger partial charge in [0.1, 0.15) is 36.0 Å². The van der Waals surface area contributed by atoms with E-state index in [1.54, 1.807) is 24.3 Å². The molecule has 2 aromatic carbocycles. The van der Waals surface area contributed by atoms with Crippen LogP contribution in [0, 0.1) is 11.6 Å². The summed E-state index contributed by atoms with van der Waals surface area (Å²) >= 11 is 12.0. The van der Waals surface area contributed by atoms with Crippen molar-refractivity contribution in [3.63, 3.8) is 0 Å². The predicted molar refractivity (Wildman–Crippen MR) is 131 cm³/mol. The maximum atomic E-state index is 14.6. The third-order valence-electron chi connectivity index (χ3n) is 5.99.